The molecule has 0 atom stereocenters. The standard InChI is InChI=1S/C4H8O2S.3C4H9.Sn.H/c1-3-7-6-4(2)5;3*1-3-4-2;;/h3H2,1-2H3;3*1,3-4H2,2H3;;. The van der Waals surface area contributed by atoms with Crippen LogP contribution in [0.5, 0.6) is 0 Å². The van der Waals surface area contributed by atoms with Crippen molar-refractivity contribution in [3.8, 4) is 0 Å². The zero-order valence-corrected chi connectivity index (χ0v) is 18.5. The predicted molar refractivity (Wildman–Crippen MR) is 96.2 cm³/mol. The fraction of sp³-hybridized carbons (Fsp3) is 0.938. The Morgan fingerprint density at radius 2 is 1.30 bits per heavy atom. The van der Waals surface area contributed by atoms with Crippen molar-refractivity contribution in [2.75, 3.05) is 5.75 Å². The van der Waals surface area contributed by atoms with Crippen LogP contribution in [0.2, 0.25) is 13.3 Å². The van der Waals surface area contributed by atoms with Crippen LogP contribution in [0.1, 0.15) is 73.1 Å². The molecule has 4 heteroatoms. The number of hydrogen-bond acceptors (Lipinski definition) is 3. The summed E-state index contributed by atoms with van der Waals surface area (Å²) in [4.78, 5) is 9.96. The second-order valence-corrected chi connectivity index (χ2v) is 16.1. The van der Waals surface area contributed by atoms with Gasteiger partial charge < -0.3 is 4.18 Å². The molecule has 20 heavy (non-hydrogen) atoms. The van der Waals surface area contributed by atoms with E-state index in [0.29, 0.717) is 0 Å². The van der Waals surface area contributed by atoms with Crippen LogP contribution < -0.4 is 0 Å². The van der Waals surface area contributed by atoms with Gasteiger partial charge in [-0.3, -0.25) is 4.79 Å². The van der Waals surface area contributed by atoms with Crippen molar-refractivity contribution < 1.29 is 8.98 Å². The molecular weight excluding hydrogens is 375 g/mol. The Balaban J connectivity index is 0. The molecule has 0 N–H and O–H groups in total. The van der Waals surface area contributed by atoms with E-state index in [4.69, 9.17) is 0 Å². The van der Waals surface area contributed by atoms with Crippen LogP contribution in [-0.4, -0.2) is 31.5 Å². The SMILES string of the molecule is CCC[CH2][SnH]([CH2]CCC)[CH2]CCC.CCSOC(C)=O. The van der Waals surface area contributed by atoms with Gasteiger partial charge in [-0.15, -0.1) is 0 Å². The summed E-state index contributed by atoms with van der Waals surface area (Å²) in [5.74, 6) is 0.589. The van der Waals surface area contributed by atoms with Gasteiger partial charge in [0.25, 0.3) is 0 Å². The minimum absolute atomic E-state index is 0.230. The molecular formula is C16H36O2SSn. The smallest absolute Gasteiger partial charge is 0.314 e. The minimum Gasteiger partial charge on any atom is -0.392 e. The van der Waals surface area contributed by atoms with Crippen molar-refractivity contribution in [3.05, 3.63) is 0 Å². The van der Waals surface area contributed by atoms with E-state index in [9.17, 15) is 4.79 Å². The molecule has 0 rings (SSSR count). The first-order chi connectivity index (χ1) is 9.62. The van der Waals surface area contributed by atoms with Crippen LogP contribution >= 0.6 is 12.0 Å². The topological polar surface area (TPSA) is 26.3 Å². The molecule has 122 valence electrons. The third kappa shape index (κ3) is 20.9. The first kappa shape index (κ1) is 22.9. The van der Waals surface area contributed by atoms with Crippen LogP contribution in [-0.2, 0) is 8.98 Å². The van der Waals surface area contributed by atoms with Crippen molar-refractivity contribution in [2.24, 2.45) is 0 Å². The van der Waals surface area contributed by atoms with E-state index in [1.54, 1.807) is 13.3 Å². The van der Waals surface area contributed by atoms with Crippen LogP contribution in [0.15, 0.2) is 0 Å². The van der Waals surface area contributed by atoms with Crippen molar-refractivity contribution in [1.29, 1.82) is 0 Å². The summed E-state index contributed by atoms with van der Waals surface area (Å²) in [7, 11) is 0. The van der Waals surface area contributed by atoms with E-state index < -0.39 is 19.8 Å². The Labute approximate surface area is 138 Å². The number of hydrogen-bond donors (Lipinski definition) is 0. The molecule has 0 amide bonds. The Kier molecular flexibility index (Phi) is 22.5. The Hall–Kier alpha value is 0.619. The Bertz CT molecular complexity index is 182. The molecule has 0 bridgehead atoms. The average molecular weight is 411 g/mol. The average Bonchev–Trinajstić information content (AvgIpc) is 2.45. The van der Waals surface area contributed by atoms with E-state index in [1.807, 2.05) is 6.92 Å². The minimum atomic E-state index is -0.967. The molecule has 0 unspecified atom stereocenters. The summed E-state index contributed by atoms with van der Waals surface area (Å²) in [5.41, 5.74) is 0. The van der Waals surface area contributed by atoms with Gasteiger partial charge in [-0.05, 0) is 0 Å². The zero-order chi connectivity index (χ0) is 15.6. The zero-order valence-electron chi connectivity index (χ0n) is 14.4. The van der Waals surface area contributed by atoms with Gasteiger partial charge in [0.2, 0.25) is 0 Å². The second-order valence-electron chi connectivity index (χ2n) is 5.27. The number of carbonyl (C=O) groups is 1. The largest absolute Gasteiger partial charge is 0.392 e. The molecule has 0 radical (unpaired) electrons. The first-order valence-corrected chi connectivity index (χ1v) is 16.3. The monoisotopic (exact) mass is 412 g/mol. The van der Waals surface area contributed by atoms with Gasteiger partial charge in [0, 0.05) is 12.7 Å². The maximum Gasteiger partial charge on any atom is 0.314 e. The van der Waals surface area contributed by atoms with E-state index in [0.717, 1.165) is 5.75 Å². The Morgan fingerprint density at radius 3 is 1.50 bits per heavy atom. The molecule has 0 spiro atoms. The fourth-order valence-corrected chi connectivity index (χ4v) is 13.2. The quantitative estimate of drug-likeness (QED) is 0.316. The van der Waals surface area contributed by atoms with E-state index in [1.165, 1.54) is 57.5 Å². The van der Waals surface area contributed by atoms with Gasteiger partial charge in [0.05, 0.1) is 12.0 Å². The molecule has 0 saturated heterocycles. The number of carbonyl (C=O) groups excluding carboxylic acids is 1. The van der Waals surface area contributed by atoms with Gasteiger partial charge in [-0.1, -0.05) is 6.92 Å². The maximum absolute atomic E-state index is 9.96. The maximum atomic E-state index is 9.96. The second kappa shape index (κ2) is 19.6. The Morgan fingerprint density at radius 1 is 0.900 bits per heavy atom. The number of unbranched alkanes of at least 4 members (excludes halogenated alkanes) is 3. The summed E-state index contributed by atoms with van der Waals surface area (Å²) in [6.07, 6.45) is 8.87. The molecule has 0 aromatic heterocycles. The molecule has 0 aromatic carbocycles. The molecule has 0 aromatic rings. The summed E-state index contributed by atoms with van der Waals surface area (Å²) in [5, 5.41) is 0. The van der Waals surface area contributed by atoms with Crippen molar-refractivity contribution >= 4 is 37.8 Å². The predicted octanol–water partition coefficient (Wildman–Crippen LogP) is 5.83. The van der Waals surface area contributed by atoms with Crippen LogP contribution in [0, 0.1) is 0 Å². The molecule has 0 fully saturated rings. The molecule has 0 saturated carbocycles. The van der Waals surface area contributed by atoms with E-state index in [-0.39, 0.29) is 5.97 Å². The first-order valence-electron chi connectivity index (χ1n) is 8.42. The van der Waals surface area contributed by atoms with Crippen molar-refractivity contribution in [3.63, 3.8) is 0 Å². The number of rotatable bonds is 11. The van der Waals surface area contributed by atoms with Gasteiger partial charge in [-0.2, -0.15) is 0 Å². The van der Waals surface area contributed by atoms with Crippen LogP contribution in [0.25, 0.3) is 0 Å². The molecule has 0 aliphatic heterocycles. The third-order valence-corrected chi connectivity index (χ3v) is 14.3. The summed E-state index contributed by atoms with van der Waals surface area (Å²) in [6, 6.07) is 0. The molecule has 0 heterocycles. The normalized spacial score (nSPS) is 10.1. The molecule has 0 aliphatic rings. The van der Waals surface area contributed by atoms with Gasteiger partial charge >= 0.3 is 98.3 Å². The van der Waals surface area contributed by atoms with Crippen LogP contribution in [0.4, 0.5) is 0 Å². The van der Waals surface area contributed by atoms with Crippen molar-refractivity contribution in [2.45, 2.75) is 86.5 Å². The van der Waals surface area contributed by atoms with E-state index in [2.05, 4.69) is 25.0 Å². The summed E-state index contributed by atoms with van der Waals surface area (Å²) in [6.45, 7) is 10.3. The molecule has 2 nitrogen and oxygen atoms in total. The summed E-state index contributed by atoms with van der Waals surface area (Å²) >= 11 is 0.200. The summed E-state index contributed by atoms with van der Waals surface area (Å²) < 4.78 is 9.55. The van der Waals surface area contributed by atoms with Crippen molar-refractivity contribution in [1.82, 2.24) is 0 Å². The fourth-order valence-electron chi connectivity index (χ4n) is 2.05. The third-order valence-electron chi connectivity index (χ3n) is 3.19. The van der Waals surface area contributed by atoms with Crippen LogP contribution in [0.3, 0.4) is 0 Å². The van der Waals surface area contributed by atoms with Gasteiger partial charge in [-0.25, -0.2) is 0 Å². The molecule has 0 aliphatic carbocycles. The van der Waals surface area contributed by atoms with Gasteiger partial charge in [0.1, 0.15) is 0 Å². The van der Waals surface area contributed by atoms with Gasteiger partial charge in [0.15, 0.2) is 0 Å². The van der Waals surface area contributed by atoms with E-state index >= 15 is 0 Å².